The highest BCUT2D eigenvalue weighted by atomic mass is 32.2. The van der Waals surface area contributed by atoms with Gasteiger partial charge in [0.2, 0.25) is 0 Å². The maximum Gasteiger partial charge on any atom is 0.274 e. The number of hydrogen-bond donors (Lipinski definition) is 3. The summed E-state index contributed by atoms with van der Waals surface area (Å²) >= 11 is 0. The van der Waals surface area contributed by atoms with E-state index in [9.17, 15) is 18.0 Å². The Morgan fingerprint density at radius 3 is 2.37 bits per heavy atom. The number of hydrogen-bond acceptors (Lipinski definition) is 5. The van der Waals surface area contributed by atoms with Gasteiger partial charge in [0.25, 0.3) is 21.5 Å². The predicted octanol–water partition coefficient (Wildman–Crippen LogP) is 1.77. The Labute approximate surface area is 155 Å². The van der Waals surface area contributed by atoms with E-state index in [0.717, 1.165) is 5.39 Å². The van der Waals surface area contributed by atoms with Crippen molar-refractivity contribution in [2.75, 3.05) is 4.72 Å². The Morgan fingerprint density at radius 1 is 1.07 bits per heavy atom. The quantitative estimate of drug-likeness (QED) is 0.466. The number of nitrogens with zero attached hydrogens (tertiary/aromatic N) is 1. The fourth-order valence-corrected chi connectivity index (χ4v) is 3.82. The molecule has 3 N–H and O–H groups in total. The van der Waals surface area contributed by atoms with Crippen LogP contribution >= 0.6 is 0 Å². The van der Waals surface area contributed by atoms with Gasteiger partial charge in [-0.3, -0.25) is 19.5 Å². The maximum atomic E-state index is 12.6. The lowest BCUT2D eigenvalue weighted by molar-refractivity contribution is 0.0706. The van der Waals surface area contributed by atoms with E-state index in [4.69, 9.17) is 5.21 Å². The molecule has 27 heavy (non-hydrogen) atoms. The van der Waals surface area contributed by atoms with Crippen molar-refractivity contribution in [1.82, 2.24) is 10.0 Å². The van der Waals surface area contributed by atoms with Crippen LogP contribution in [0.25, 0.3) is 10.9 Å². The molecule has 8 nitrogen and oxygen atoms in total. The van der Waals surface area contributed by atoms with E-state index in [2.05, 4.69) is 4.72 Å². The van der Waals surface area contributed by atoms with Crippen LogP contribution in [0.15, 0.2) is 58.2 Å². The summed E-state index contributed by atoms with van der Waals surface area (Å²) < 4.78 is 29.1. The van der Waals surface area contributed by atoms with E-state index in [1.54, 1.807) is 38.2 Å². The van der Waals surface area contributed by atoms with Crippen LogP contribution in [0, 0.1) is 6.92 Å². The number of hydroxylamine groups is 1. The number of pyridine rings is 1. The number of amides is 1. The molecular weight excluding hydrogens is 370 g/mol. The number of fused-ring (bicyclic) bond motifs is 1. The van der Waals surface area contributed by atoms with Gasteiger partial charge in [0.1, 0.15) is 0 Å². The van der Waals surface area contributed by atoms with Crippen molar-refractivity contribution in [3.8, 4) is 0 Å². The van der Waals surface area contributed by atoms with Crippen molar-refractivity contribution in [2.45, 2.75) is 11.8 Å². The number of sulfonamides is 1. The largest absolute Gasteiger partial charge is 0.311 e. The summed E-state index contributed by atoms with van der Waals surface area (Å²) in [5, 5.41) is 9.33. The highest BCUT2D eigenvalue weighted by Crippen LogP contribution is 2.22. The highest BCUT2D eigenvalue weighted by Gasteiger charge is 2.16. The molecular formula is C18H17N3O5S. The molecule has 0 saturated heterocycles. The third kappa shape index (κ3) is 3.55. The first-order valence-electron chi connectivity index (χ1n) is 7.90. The van der Waals surface area contributed by atoms with E-state index in [1.807, 2.05) is 0 Å². The molecule has 2 aromatic carbocycles. The molecule has 3 aromatic rings. The van der Waals surface area contributed by atoms with E-state index in [-0.39, 0.29) is 16.0 Å². The van der Waals surface area contributed by atoms with E-state index >= 15 is 0 Å². The zero-order valence-electron chi connectivity index (χ0n) is 14.6. The minimum atomic E-state index is -3.87. The molecule has 0 radical (unpaired) electrons. The Kier molecular flexibility index (Phi) is 4.73. The lowest BCUT2D eigenvalue weighted by Gasteiger charge is -2.11. The number of rotatable bonds is 4. The average molecular weight is 387 g/mol. The van der Waals surface area contributed by atoms with Gasteiger partial charge in [0, 0.05) is 29.2 Å². The SMILES string of the molecule is Cc1cc2cc(NS(=O)(=O)c3ccc(C(=O)NO)cc3)ccc2n(C)c1=O. The zero-order chi connectivity index (χ0) is 19.8. The number of nitrogens with one attached hydrogen (secondary N) is 2. The number of aryl methyl sites for hydroxylation is 2. The number of anilines is 1. The molecule has 0 atom stereocenters. The van der Waals surface area contributed by atoms with Gasteiger partial charge < -0.3 is 4.57 Å². The summed E-state index contributed by atoms with van der Waals surface area (Å²) in [6, 6.07) is 11.7. The van der Waals surface area contributed by atoms with E-state index in [0.29, 0.717) is 16.8 Å². The number of carbonyl (C=O) groups excluding carboxylic acids is 1. The van der Waals surface area contributed by atoms with Crippen molar-refractivity contribution >= 4 is 32.5 Å². The third-order valence-corrected chi connectivity index (χ3v) is 5.58. The molecule has 1 aromatic heterocycles. The number of carbonyl (C=O) groups is 1. The summed E-state index contributed by atoms with van der Waals surface area (Å²) in [6.07, 6.45) is 0. The lowest BCUT2D eigenvalue weighted by atomic mass is 10.1. The molecule has 0 fully saturated rings. The molecule has 9 heteroatoms. The first-order chi connectivity index (χ1) is 12.7. The maximum absolute atomic E-state index is 12.6. The topological polar surface area (TPSA) is 118 Å². The second kappa shape index (κ2) is 6.86. The van der Waals surface area contributed by atoms with Crippen LogP contribution in [0.5, 0.6) is 0 Å². The Morgan fingerprint density at radius 2 is 1.74 bits per heavy atom. The average Bonchev–Trinajstić information content (AvgIpc) is 2.65. The van der Waals surface area contributed by atoms with Crippen LogP contribution in [0.3, 0.4) is 0 Å². The van der Waals surface area contributed by atoms with Crippen molar-refractivity contribution in [3.63, 3.8) is 0 Å². The van der Waals surface area contributed by atoms with Gasteiger partial charge in [-0.1, -0.05) is 0 Å². The van der Waals surface area contributed by atoms with Crippen molar-refractivity contribution in [3.05, 3.63) is 70.0 Å². The molecule has 0 saturated carbocycles. The van der Waals surface area contributed by atoms with Gasteiger partial charge in [-0.2, -0.15) is 0 Å². The van der Waals surface area contributed by atoms with E-state index in [1.165, 1.54) is 34.3 Å². The molecule has 1 heterocycles. The molecule has 0 spiro atoms. The second-order valence-corrected chi connectivity index (χ2v) is 7.72. The van der Waals surface area contributed by atoms with Crippen LogP contribution in [0.1, 0.15) is 15.9 Å². The molecule has 0 aliphatic carbocycles. The number of benzene rings is 2. The van der Waals surface area contributed by atoms with Gasteiger partial charge in [0.05, 0.1) is 10.4 Å². The lowest BCUT2D eigenvalue weighted by Crippen LogP contribution is -2.19. The zero-order valence-corrected chi connectivity index (χ0v) is 15.4. The molecule has 0 unspecified atom stereocenters. The van der Waals surface area contributed by atoms with Gasteiger partial charge in [-0.15, -0.1) is 0 Å². The second-order valence-electron chi connectivity index (χ2n) is 6.04. The molecule has 140 valence electrons. The Bertz CT molecular complexity index is 1200. The van der Waals surface area contributed by atoms with Crippen LogP contribution in [0.4, 0.5) is 5.69 Å². The minimum Gasteiger partial charge on any atom is -0.311 e. The molecule has 0 aliphatic heterocycles. The fraction of sp³-hybridized carbons (Fsp3) is 0.111. The first kappa shape index (κ1) is 18.6. The molecule has 3 rings (SSSR count). The summed E-state index contributed by atoms with van der Waals surface area (Å²) in [7, 11) is -2.21. The van der Waals surface area contributed by atoms with E-state index < -0.39 is 15.9 Å². The Hall–Kier alpha value is -3.17. The predicted molar refractivity (Wildman–Crippen MR) is 100 cm³/mol. The van der Waals surface area contributed by atoms with Crippen LogP contribution < -0.4 is 15.8 Å². The van der Waals surface area contributed by atoms with Crippen molar-refractivity contribution in [1.29, 1.82) is 0 Å². The fourth-order valence-electron chi connectivity index (χ4n) is 2.77. The van der Waals surface area contributed by atoms with Crippen molar-refractivity contribution < 1.29 is 18.4 Å². The molecule has 0 bridgehead atoms. The summed E-state index contributed by atoms with van der Waals surface area (Å²) in [6.45, 7) is 1.70. The van der Waals surface area contributed by atoms with Gasteiger partial charge >= 0.3 is 0 Å². The third-order valence-electron chi connectivity index (χ3n) is 4.18. The van der Waals surface area contributed by atoms with Crippen LogP contribution in [-0.4, -0.2) is 24.1 Å². The standard InChI is InChI=1S/C18H17N3O5S/c1-11-9-13-10-14(5-8-16(13)21(2)18(11)23)20-27(25,26)15-6-3-12(4-7-15)17(22)19-24/h3-10,20,24H,1-2H3,(H,19,22). The Balaban J connectivity index is 1.95. The number of aromatic nitrogens is 1. The van der Waals surface area contributed by atoms with Gasteiger partial charge in [-0.25, -0.2) is 13.9 Å². The van der Waals surface area contributed by atoms with Gasteiger partial charge in [-0.05, 0) is 55.5 Å². The molecule has 1 amide bonds. The minimum absolute atomic E-state index is 0.0336. The smallest absolute Gasteiger partial charge is 0.274 e. The van der Waals surface area contributed by atoms with Gasteiger partial charge in [0.15, 0.2) is 0 Å². The monoisotopic (exact) mass is 387 g/mol. The summed E-state index contributed by atoms with van der Waals surface area (Å²) in [5.74, 6) is -0.734. The summed E-state index contributed by atoms with van der Waals surface area (Å²) in [5.41, 5.74) is 3.09. The first-order valence-corrected chi connectivity index (χ1v) is 9.39. The normalized spacial score (nSPS) is 11.4. The van der Waals surface area contributed by atoms with Crippen LogP contribution in [-0.2, 0) is 17.1 Å². The summed E-state index contributed by atoms with van der Waals surface area (Å²) in [4.78, 5) is 23.3. The highest BCUT2D eigenvalue weighted by molar-refractivity contribution is 7.92. The molecule has 0 aliphatic rings. The van der Waals surface area contributed by atoms with Crippen molar-refractivity contribution in [2.24, 2.45) is 7.05 Å². The van der Waals surface area contributed by atoms with Crippen LogP contribution in [0.2, 0.25) is 0 Å².